The van der Waals surface area contributed by atoms with E-state index in [9.17, 15) is 29.1 Å². The number of aliphatic hydroxyl groups excluding tert-OH is 1. The molecule has 0 saturated carbocycles. The second kappa shape index (κ2) is 11.9. The lowest BCUT2D eigenvalue weighted by atomic mass is 9.97. The molecule has 0 fully saturated rings. The van der Waals surface area contributed by atoms with Crippen molar-refractivity contribution in [2.75, 3.05) is 6.54 Å². The highest BCUT2D eigenvalue weighted by Crippen LogP contribution is 2.08. The Balaban J connectivity index is 4.90. The normalized spacial score (nSPS) is 16.0. The fraction of sp³-hybridized carbons (Fsp3) is 0.688. The summed E-state index contributed by atoms with van der Waals surface area (Å²) in [5.74, 6) is -5.62. The minimum absolute atomic E-state index is 0.327. The predicted octanol–water partition coefficient (Wildman–Crippen LogP) is -2.61. The van der Waals surface area contributed by atoms with Crippen molar-refractivity contribution in [3.63, 3.8) is 0 Å². The number of carbonyl (C=O) groups excluding carboxylic acids is 3. The van der Waals surface area contributed by atoms with E-state index in [1.54, 1.807) is 13.8 Å². The average Bonchev–Trinajstić information content (AvgIpc) is 2.61. The van der Waals surface area contributed by atoms with Gasteiger partial charge in [-0.1, -0.05) is 20.3 Å². The molecule has 28 heavy (non-hydrogen) atoms. The number of nitrogens with one attached hydrogen (secondary N) is 3. The molecule has 0 heterocycles. The molecule has 0 radical (unpaired) electrons. The van der Waals surface area contributed by atoms with Crippen LogP contribution in [0.4, 0.5) is 0 Å². The van der Waals surface area contributed by atoms with Crippen LogP contribution >= 0.6 is 0 Å². The third-order valence-corrected chi connectivity index (χ3v) is 4.05. The van der Waals surface area contributed by atoms with Crippen LogP contribution in [0.2, 0.25) is 0 Å². The van der Waals surface area contributed by atoms with Gasteiger partial charge in [0.15, 0.2) is 0 Å². The van der Waals surface area contributed by atoms with E-state index in [4.69, 9.17) is 15.9 Å². The Hall–Kier alpha value is -2.73. The van der Waals surface area contributed by atoms with Crippen molar-refractivity contribution >= 4 is 29.7 Å². The predicted molar refractivity (Wildman–Crippen MR) is 95.9 cm³/mol. The Morgan fingerprint density at radius 1 is 1.00 bits per heavy atom. The molecule has 160 valence electrons. The Morgan fingerprint density at radius 2 is 1.57 bits per heavy atom. The van der Waals surface area contributed by atoms with Crippen molar-refractivity contribution in [3.05, 3.63) is 0 Å². The summed E-state index contributed by atoms with van der Waals surface area (Å²) in [4.78, 5) is 57.7. The smallest absolute Gasteiger partial charge is 0.326 e. The number of carboxylic acids is 2. The maximum absolute atomic E-state index is 12.4. The first kappa shape index (κ1) is 25.3. The molecular weight excluding hydrogens is 376 g/mol. The zero-order chi connectivity index (χ0) is 22.0. The van der Waals surface area contributed by atoms with Crippen molar-refractivity contribution < 1.29 is 39.3 Å². The maximum Gasteiger partial charge on any atom is 0.326 e. The second-order valence-electron chi connectivity index (χ2n) is 6.41. The molecule has 0 aliphatic heterocycles. The van der Waals surface area contributed by atoms with Crippen LogP contribution < -0.4 is 21.7 Å². The van der Waals surface area contributed by atoms with E-state index >= 15 is 0 Å². The molecule has 0 saturated heterocycles. The molecule has 12 nitrogen and oxygen atoms in total. The van der Waals surface area contributed by atoms with Gasteiger partial charge in [0.2, 0.25) is 17.7 Å². The number of carboxylic acid groups (broad SMARTS) is 2. The minimum atomic E-state index is -1.64. The minimum Gasteiger partial charge on any atom is -0.481 e. The van der Waals surface area contributed by atoms with Crippen LogP contribution in [0.1, 0.15) is 33.6 Å². The quantitative estimate of drug-likeness (QED) is 0.181. The van der Waals surface area contributed by atoms with Crippen molar-refractivity contribution in [3.8, 4) is 0 Å². The molecule has 0 spiro atoms. The van der Waals surface area contributed by atoms with Crippen molar-refractivity contribution in [2.24, 2.45) is 11.7 Å². The molecule has 12 heteroatoms. The molecular formula is C16H28N4O8. The molecule has 5 unspecified atom stereocenters. The molecule has 0 aromatic carbocycles. The summed E-state index contributed by atoms with van der Waals surface area (Å²) in [6, 6.07) is -3.92. The second-order valence-corrected chi connectivity index (χ2v) is 6.41. The van der Waals surface area contributed by atoms with Gasteiger partial charge in [0.1, 0.15) is 18.1 Å². The zero-order valence-electron chi connectivity index (χ0n) is 16.0. The van der Waals surface area contributed by atoms with Crippen molar-refractivity contribution in [1.29, 1.82) is 0 Å². The summed E-state index contributed by atoms with van der Waals surface area (Å²) >= 11 is 0. The van der Waals surface area contributed by atoms with E-state index < -0.39 is 66.9 Å². The summed E-state index contributed by atoms with van der Waals surface area (Å²) in [5.41, 5.74) is 5.53. The van der Waals surface area contributed by atoms with Crippen LogP contribution in [0.3, 0.4) is 0 Å². The number of hydrogen-bond acceptors (Lipinski definition) is 7. The first-order valence-corrected chi connectivity index (χ1v) is 8.66. The van der Waals surface area contributed by atoms with Gasteiger partial charge in [-0.2, -0.15) is 0 Å². The molecule has 0 aromatic heterocycles. The van der Waals surface area contributed by atoms with Crippen LogP contribution in [0.5, 0.6) is 0 Å². The lowest BCUT2D eigenvalue weighted by Crippen LogP contribution is -2.57. The van der Waals surface area contributed by atoms with E-state index in [0.717, 1.165) is 0 Å². The lowest BCUT2D eigenvalue weighted by molar-refractivity contribution is -0.147. The number of aliphatic carboxylic acids is 2. The number of carbonyl (C=O) groups is 5. The van der Waals surface area contributed by atoms with Crippen LogP contribution in [-0.4, -0.2) is 75.8 Å². The number of amides is 3. The van der Waals surface area contributed by atoms with E-state index in [1.165, 1.54) is 6.92 Å². The van der Waals surface area contributed by atoms with Crippen LogP contribution in [-0.2, 0) is 24.0 Å². The highest BCUT2D eigenvalue weighted by atomic mass is 16.4. The van der Waals surface area contributed by atoms with Gasteiger partial charge in [-0.15, -0.1) is 0 Å². The molecule has 5 atom stereocenters. The van der Waals surface area contributed by atoms with E-state index in [2.05, 4.69) is 10.6 Å². The Bertz CT molecular complexity index is 595. The van der Waals surface area contributed by atoms with Gasteiger partial charge in [-0.3, -0.25) is 19.2 Å². The third kappa shape index (κ3) is 8.77. The van der Waals surface area contributed by atoms with Crippen molar-refractivity contribution in [1.82, 2.24) is 16.0 Å². The largest absolute Gasteiger partial charge is 0.481 e. The standard InChI is InChI=1S/C16H28N4O8/c1-4-7(2)13(20-14(25)12(17)8(3)21)15(26)18-6-10(22)19-9(16(27)28)5-11(23)24/h7-9,12-13,21H,4-6,17H2,1-3H3,(H,18,26)(H,19,22)(H,20,25)(H,23,24)(H,27,28). The topological polar surface area (TPSA) is 208 Å². The first-order valence-electron chi connectivity index (χ1n) is 8.66. The Morgan fingerprint density at radius 3 is 2.00 bits per heavy atom. The number of rotatable bonds is 12. The highest BCUT2D eigenvalue weighted by molar-refractivity contribution is 5.93. The van der Waals surface area contributed by atoms with Crippen LogP contribution in [0.25, 0.3) is 0 Å². The number of hydrogen-bond donors (Lipinski definition) is 7. The van der Waals surface area contributed by atoms with E-state index in [-0.39, 0.29) is 5.92 Å². The Kier molecular flexibility index (Phi) is 10.7. The van der Waals surface area contributed by atoms with E-state index in [1.807, 2.05) is 5.32 Å². The van der Waals surface area contributed by atoms with Gasteiger partial charge in [0, 0.05) is 0 Å². The van der Waals surface area contributed by atoms with Gasteiger partial charge in [0.25, 0.3) is 0 Å². The summed E-state index contributed by atoms with van der Waals surface area (Å²) in [5, 5.41) is 33.6. The molecule has 0 aromatic rings. The zero-order valence-corrected chi connectivity index (χ0v) is 16.0. The van der Waals surface area contributed by atoms with Crippen LogP contribution in [0, 0.1) is 5.92 Å². The molecule has 0 aliphatic rings. The van der Waals surface area contributed by atoms with Gasteiger partial charge < -0.3 is 37.0 Å². The summed E-state index contributed by atoms with van der Waals surface area (Å²) in [7, 11) is 0. The van der Waals surface area contributed by atoms with Gasteiger partial charge in [0.05, 0.1) is 19.1 Å². The number of nitrogens with two attached hydrogens (primary N) is 1. The lowest BCUT2D eigenvalue weighted by Gasteiger charge is -2.25. The van der Waals surface area contributed by atoms with Gasteiger partial charge >= 0.3 is 11.9 Å². The molecule has 0 aliphatic carbocycles. The molecule has 8 N–H and O–H groups in total. The fourth-order valence-corrected chi connectivity index (χ4v) is 2.07. The number of aliphatic hydroxyl groups is 1. The molecule has 0 bridgehead atoms. The highest BCUT2D eigenvalue weighted by Gasteiger charge is 2.30. The monoisotopic (exact) mass is 404 g/mol. The van der Waals surface area contributed by atoms with Crippen LogP contribution in [0.15, 0.2) is 0 Å². The summed E-state index contributed by atoms with van der Waals surface area (Å²) in [6.45, 7) is 4.17. The fourth-order valence-electron chi connectivity index (χ4n) is 2.07. The maximum atomic E-state index is 12.4. The van der Waals surface area contributed by atoms with Gasteiger partial charge in [-0.05, 0) is 12.8 Å². The van der Waals surface area contributed by atoms with E-state index in [0.29, 0.717) is 6.42 Å². The third-order valence-electron chi connectivity index (χ3n) is 4.05. The van der Waals surface area contributed by atoms with Crippen molar-refractivity contribution in [2.45, 2.75) is 57.8 Å². The molecule has 3 amide bonds. The first-order chi connectivity index (χ1) is 12.9. The average molecular weight is 404 g/mol. The Labute approximate surface area is 161 Å². The summed E-state index contributed by atoms with van der Waals surface area (Å²) < 4.78 is 0. The summed E-state index contributed by atoms with van der Waals surface area (Å²) in [6.07, 6.45) is -1.44. The van der Waals surface area contributed by atoms with Gasteiger partial charge in [-0.25, -0.2) is 4.79 Å². The SMILES string of the molecule is CCC(C)C(NC(=O)C(N)C(C)O)C(=O)NCC(=O)NC(CC(=O)O)C(=O)O. The molecule has 0 rings (SSSR count).